The Morgan fingerprint density at radius 3 is 2.63 bits per heavy atom. The van der Waals surface area contributed by atoms with Crippen LogP contribution in [-0.4, -0.2) is 52.2 Å². The van der Waals surface area contributed by atoms with Gasteiger partial charge < -0.3 is 19.7 Å². The molecule has 19 heavy (non-hydrogen) atoms. The lowest BCUT2D eigenvalue weighted by atomic mass is 10.1. The van der Waals surface area contributed by atoms with E-state index < -0.39 is 0 Å². The lowest BCUT2D eigenvalue weighted by Gasteiger charge is -2.18. The van der Waals surface area contributed by atoms with E-state index in [1.165, 1.54) is 0 Å². The fourth-order valence-electron chi connectivity index (χ4n) is 1.72. The topological polar surface area (TPSA) is 50.8 Å². The molecule has 0 saturated heterocycles. The molecule has 106 valence electrons. The molecule has 0 bridgehead atoms. The first-order valence-electron chi connectivity index (χ1n) is 6.21. The van der Waals surface area contributed by atoms with Gasteiger partial charge in [0.05, 0.1) is 20.6 Å². The molecule has 5 nitrogen and oxygen atoms in total. The number of amides is 1. The number of nitrogens with zero attached hydrogens (tertiary/aromatic N) is 1. The van der Waals surface area contributed by atoms with Crippen molar-refractivity contribution < 1.29 is 14.3 Å². The second kappa shape index (κ2) is 7.63. The van der Waals surface area contributed by atoms with E-state index >= 15 is 0 Å². The number of carbonyl (C=O) groups is 1. The summed E-state index contributed by atoms with van der Waals surface area (Å²) in [6, 6.07) is 5.47. The van der Waals surface area contributed by atoms with Crippen molar-refractivity contribution in [1.82, 2.24) is 10.2 Å². The molecule has 5 heteroatoms. The van der Waals surface area contributed by atoms with Crippen molar-refractivity contribution in [3.63, 3.8) is 0 Å². The Hall–Kier alpha value is -1.75. The molecule has 0 spiro atoms. The smallest absolute Gasteiger partial charge is 0.226 e. The molecule has 1 amide bonds. The summed E-state index contributed by atoms with van der Waals surface area (Å²) >= 11 is 0. The maximum atomic E-state index is 12.1. The highest BCUT2D eigenvalue weighted by Gasteiger charge is 2.13. The Morgan fingerprint density at radius 1 is 1.32 bits per heavy atom. The molecule has 0 heterocycles. The number of methoxy groups -OCH3 is 2. The summed E-state index contributed by atoms with van der Waals surface area (Å²) in [6.45, 7) is 1.46. The van der Waals surface area contributed by atoms with Gasteiger partial charge in [0.25, 0.3) is 0 Å². The Bertz CT molecular complexity index is 421. The van der Waals surface area contributed by atoms with Crippen LogP contribution < -0.4 is 14.8 Å². The van der Waals surface area contributed by atoms with Crippen molar-refractivity contribution in [2.45, 2.75) is 6.42 Å². The standard InChI is InChI=1S/C14H22N2O3/c1-15-7-8-16(2)14(17)10-11-9-12(18-3)5-6-13(11)19-4/h5-6,9,15H,7-8,10H2,1-4H3. The molecular weight excluding hydrogens is 244 g/mol. The maximum absolute atomic E-state index is 12.1. The van der Waals surface area contributed by atoms with Crippen LogP contribution in [0.1, 0.15) is 5.56 Å². The minimum Gasteiger partial charge on any atom is -0.497 e. The van der Waals surface area contributed by atoms with Crippen molar-refractivity contribution >= 4 is 5.91 Å². The highest BCUT2D eigenvalue weighted by molar-refractivity contribution is 5.79. The average molecular weight is 266 g/mol. The number of rotatable bonds is 7. The predicted molar refractivity (Wildman–Crippen MR) is 74.8 cm³/mol. The number of carbonyl (C=O) groups excluding carboxylic acids is 1. The van der Waals surface area contributed by atoms with Crippen molar-refractivity contribution in [2.24, 2.45) is 0 Å². The zero-order valence-corrected chi connectivity index (χ0v) is 12.0. The summed E-state index contributed by atoms with van der Waals surface area (Å²) in [5.74, 6) is 1.49. The van der Waals surface area contributed by atoms with Crippen molar-refractivity contribution in [3.8, 4) is 11.5 Å². The molecule has 0 radical (unpaired) electrons. The first-order valence-corrected chi connectivity index (χ1v) is 6.21. The molecule has 0 saturated carbocycles. The largest absolute Gasteiger partial charge is 0.497 e. The van der Waals surface area contributed by atoms with Gasteiger partial charge in [-0.2, -0.15) is 0 Å². The molecule has 0 unspecified atom stereocenters. The van der Waals surface area contributed by atoms with Crippen LogP contribution in [0.25, 0.3) is 0 Å². The van der Waals surface area contributed by atoms with Gasteiger partial charge in [-0.25, -0.2) is 0 Å². The zero-order valence-electron chi connectivity index (χ0n) is 12.0. The van der Waals surface area contributed by atoms with Crippen LogP contribution >= 0.6 is 0 Å². The van der Waals surface area contributed by atoms with Gasteiger partial charge in [0, 0.05) is 25.7 Å². The Kier molecular flexibility index (Phi) is 6.15. The number of hydrogen-bond donors (Lipinski definition) is 1. The van der Waals surface area contributed by atoms with Crippen LogP contribution in [-0.2, 0) is 11.2 Å². The summed E-state index contributed by atoms with van der Waals surface area (Å²) in [5, 5.41) is 3.02. The lowest BCUT2D eigenvalue weighted by Crippen LogP contribution is -2.33. The third-order valence-electron chi connectivity index (χ3n) is 2.95. The Morgan fingerprint density at radius 2 is 2.05 bits per heavy atom. The van der Waals surface area contributed by atoms with Gasteiger partial charge in [-0.05, 0) is 25.2 Å². The van der Waals surface area contributed by atoms with Gasteiger partial charge in [-0.1, -0.05) is 0 Å². The number of benzene rings is 1. The van der Waals surface area contributed by atoms with E-state index in [1.54, 1.807) is 26.2 Å². The normalized spacial score (nSPS) is 10.1. The molecule has 0 aliphatic heterocycles. The number of likely N-dealkylation sites (N-methyl/N-ethyl adjacent to an activating group) is 2. The lowest BCUT2D eigenvalue weighted by molar-refractivity contribution is -0.129. The molecule has 1 N–H and O–H groups in total. The SMILES string of the molecule is CNCCN(C)C(=O)Cc1cc(OC)ccc1OC. The van der Waals surface area contributed by atoms with Crippen molar-refractivity contribution in [1.29, 1.82) is 0 Å². The molecule has 0 atom stereocenters. The fraction of sp³-hybridized carbons (Fsp3) is 0.500. The second-order valence-corrected chi connectivity index (χ2v) is 4.27. The predicted octanol–water partition coefficient (Wildman–Crippen LogP) is 0.924. The summed E-state index contributed by atoms with van der Waals surface area (Å²) in [7, 11) is 6.86. The summed E-state index contributed by atoms with van der Waals surface area (Å²) in [5.41, 5.74) is 0.836. The van der Waals surface area contributed by atoms with Crippen LogP contribution in [0.5, 0.6) is 11.5 Å². The molecule has 0 fully saturated rings. The molecule has 1 aromatic rings. The molecule has 0 aliphatic rings. The van der Waals surface area contributed by atoms with Crippen LogP contribution in [0.3, 0.4) is 0 Å². The van der Waals surface area contributed by atoms with Crippen LogP contribution in [0, 0.1) is 0 Å². The third-order valence-corrected chi connectivity index (χ3v) is 2.95. The van der Waals surface area contributed by atoms with Gasteiger partial charge >= 0.3 is 0 Å². The highest BCUT2D eigenvalue weighted by atomic mass is 16.5. The highest BCUT2D eigenvalue weighted by Crippen LogP contribution is 2.24. The number of hydrogen-bond acceptors (Lipinski definition) is 4. The van der Waals surface area contributed by atoms with Gasteiger partial charge in [0.1, 0.15) is 11.5 Å². The van der Waals surface area contributed by atoms with E-state index in [2.05, 4.69) is 5.32 Å². The third kappa shape index (κ3) is 4.44. The van der Waals surface area contributed by atoms with Gasteiger partial charge in [0.2, 0.25) is 5.91 Å². The number of ether oxygens (including phenoxy) is 2. The first kappa shape index (κ1) is 15.3. The van der Waals surface area contributed by atoms with E-state index in [4.69, 9.17) is 9.47 Å². The quantitative estimate of drug-likeness (QED) is 0.797. The van der Waals surface area contributed by atoms with Crippen molar-refractivity contribution in [3.05, 3.63) is 23.8 Å². The van der Waals surface area contributed by atoms with Crippen LogP contribution in [0.15, 0.2) is 18.2 Å². The molecule has 0 aromatic heterocycles. The van der Waals surface area contributed by atoms with Gasteiger partial charge in [-0.15, -0.1) is 0 Å². The van der Waals surface area contributed by atoms with Gasteiger partial charge in [0.15, 0.2) is 0 Å². The number of nitrogens with one attached hydrogen (secondary N) is 1. The second-order valence-electron chi connectivity index (χ2n) is 4.27. The average Bonchev–Trinajstić information content (AvgIpc) is 2.44. The maximum Gasteiger partial charge on any atom is 0.226 e. The summed E-state index contributed by atoms with van der Waals surface area (Å²) in [4.78, 5) is 13.8. The zero-order chi connectivity index (χ0) is 14.3. The van der Waals surface area contributed by atoms with E-state index in [0.29, 0.717) is 18.7 Å². The Labute approximate surface area is 114 Å². The van der Waals surface area contributed by atoms with E-state index in [9.17, 15) is 4.79 Å². The minimum atomic E-state index is 0.0572. The van der Waals surface area contributed by atoms with E-state index in [0.717, 1.165) is 17.9 Å². The fourth-order valence-corrected chi connectivity index (χ4v) is 1.72. The van der Waals surface area contributed by atoms with Crippen molar-refractivity contribution in [2.75, 3.05) is 41.4 Å². The molecule has 1 aromatic carbocycles. The molecule has 0 aliphatic carbocycles. The minimum absolute atomic E-state index is 0.0572. The first-order chi connectivity index (χ1) is 9.12. The van der Waals surface area contributed by atoms with Crippen LogP contribution in [0.2, 0.25) is 0 Å². The van der Waals surface area contributed by atoms with E-state index in [1.807, 2.05) is 25.2 Å². The van der Waals surface area contributed by atoms with Gasteiger partial charge in [-0.3, -0.25) is 4.79 Å². The monoisotopic (exact) mass is 266 g/mol. The molecular formula is C14H22N2O3. The van der Waals surface area contributed by atoms with E-state index in [-0.39, 0.29) is 5.91 Å². The summed E-state index contributed by atoms with van der Waals surface area (Å²) in [6.07, 6.45) is 0.306. The summed E-state index contributed by atoms with van der Waals surface area (Å²) < 4.78 is 10.4. The van der Waals surface area contributed by atoms with Crippen LogP contribution in [0.4, 0.5) is 0 Å². The Balaban J connectivity index is 2.76. The molecule has 1 rings (SSSR count).